The molecule has 0 saturated heterocycles. The number of aromatic nitrogens is 1. The summed E-state index contributed by atoms with van der Waals surface area (Å²) in [6.45, 7) is 3.53. The predicted molar refractivity (Wildman–Crippen MR) is 108 cm³/mol. The van der Waals surface area contributed by atoms with Crippen LogP contribution in [-0.4, -0.2) is 28.9 Å². The maximum absolute atomic E-state index is 12.4. The second kappa shape index (κ2) is 7.04. The zero-order chi connectivity index (χ0) is 17.9. The van der Waals surface area contributed by atoms with Crippen LogP contribution in [0.4, 0.5) is 0 Å². The number of hydrogen-bond acceptors (Lipinski definition) is 1. The fraction of sp³-hybridized carbons (Fsp3) is 0.174. The van der Waals surface area contributed by atoms with Gasteiger partial charge >= 0.3 is 0 Å². The molecule has 26 heavy (non-hydrogen) atoms. The summed E-state index contributed by atoms with van der Waals surface area (Å²) in [4.78, 5) is 17.7. The smallest absolute Gasteiger partial charge is 0.246 e. The minimum Gasteiger partial charge on any atom is -0.360 e. The topological polar surface area (TPSA) is 36.1 Å². The van der Waals surface area contributed by atoms with Gasteiger partial charge in [0.1, 0.15) is 0 Å². The van der Waals surface area contributed by atoms with E-state index in [0.29, 0.717) is 6.54 Å². The van der Waals surface area contributed by atoms with E-state index < -0.39 is 0 Å². The molecule has 1 aliphatic heterocycles. The Morgan fingerprint density at radius 1 is 1.12 bits per heavy atom. The lowest BCUT2D eigenvalue weighted by atomic mass is 9.98. The maximum atomic E-state index is 12.4. The van der Waals surface area contributed by atoms with E-state index in [1.165, 1.54) is 27.6 Å². The number of hydrogen-bond donors (Lipinski definition) is 1. The number of amides is 1. The van der Waals surface area contributed by atoms with Crippen LogP contribution in [-0.2, 0) is 4.79 Å². The standard InChI is InChI=1S/C23H22N2O/c1-17-6-5-9-20-21(16-24-23(17)20)19-12-14-25(15-13-19)22(26)11-10-18-7-3-2-4-8-18/h2-12,16,24H,13-15H2,1H3/b11-10+. The van der Waals surface area contributed by atoms with E-state index in [2.05, 4.69) is 42.4 Å². The number of carbonyl (C=O) groups is 1. The van der Waals surface area contributed by atoms with E-state index in [0.717, 1.165) is 18.5 Å². The van der Waals surface area contributed by atoms with E-state index in [9.17, 15) is 4.79 Å². The molecule has 0 unspecified atom stereocenters. The van der Waals surface area contributed by atoms with Gasteiger partial charge in [0.2, 0.25) is 5.91 Å². The molecule has 0 radical (unpaired) electrons. The van der Waals surface area contributed by atoms with Gasteiger partial charge in [0.05, 0.1) is 0 Å². The highest BCUT2D eigenvalue weighted by atomic mass is 16.2. The Kier molecular flexibility index (Phi) is 4.44. The lowest BCUT2D eigenvalue weighted by Gasteiger charge is -2.25. The normalized spacial score (nSPS) is 14.8. The third-order valence-corrected chi connectivity index (χ3v) is 5.01. The van der Waals surface area contributed by atoms with Crippen molar-refractivity contribution in [2.45, 2.75) is 13.3 Å². The summed E-state index contributed by atoms with van der Waals surface area (Å²) in [6, 6.07) is 16.3. The number of carbonyl (C=O) groups excluding carboxylic acids is 1. The van der Waals surface area contributed by atoms with Crippen molar-refractivity contribution >= 4 is 28.5 Å². The first-order valence-corrected chi connectivity index (χ1v) is 9.00. The summed E-state index contributed by atoms with van der Waals surface area (Å²) in [5.74, 6) is 0.0684. The van der Waals surface area contributed by atoms with Crippen LogP contribution >= 0.6 is 0 Å². The molecule has 0 spiro atoms. The van der Waals surface area contributed by atoms with Gasteiger partial charge in [-0.1, -0.05) is 54.6 Å². The highest BCUT2D eigenvalue weighted by Gasteiger charge is 2.18. The Bertz CT molecular complexity index is 995. The largest absolute Gasteiger partial charge is 0.360 e. The number of nitrogens with one attached hydrogen (secondary N) is 1. The molecule has 0 atom stereocenters. The molecule has 0 aliphatic carbocycles. The van der Waals surface area contributed by atoms with Crippen molar-refractivity contribution in [2.24, 2.45) is 0 Å². The molecule has 4 rings (SSSR count). The Hall–Kier alpha value is -3.07. The molecular formula is C23H22N2O. The van der Waals surface area contributed by atoms with Crippen LogP contribution < -0.4 is 0 Å². The monoisotopic (exact) mass is 342 g/mol. The maximum Gasteiger partial charge on any atom is 0.246 e. The van der Waals surface area contributed by atoms with Crippen molar-refractivity contribution in [3.8, 4) is 0 Å². The SMILES string of the molecule is Cc1cccc2c(C3=CCN(C(=O)/C=C/c4ccccc4)CC3)c[nH]c12. The van der Waals surface area contributed by atoms with Gasteiger partial charge in [-0.25, -0.2) is 0 Å². The van der Waals surface area contributed by atoms with Gasteiger partial charge in [-0.3, -0.25) is 4.79 Å². The van der Waals surface area contributed by atoms with Gasteiger partial charge in [-0.05, 0) is 36.1 Å². The molecular weight excluding hydrogens is 320 g/mol. The number of nitrogens with zero attached hydrogens (tertiary/aromatic N) is 1. The summed E-state index contributed by atoms with van der Waals surface area (Å²) < 4.78 is 0. The highest BCUT2D eigenvalue weighted by molar-refractivity contribution is 5.95. The third kappa shape index (κ3) is 3.21. The zero-order valence-corrected chi connectivity index (χ0v) is 14.9. The molecule has 3 aromatic rings. The number of aromatic amines is 1. The van der Waals surface area contributed by atoms with Crippen molar-refractivity contribution in [3.63, 3.8) is 0 Å². The van der Waals surface area contributed by atoms with E-state index in [1.54, 1.807) is 6.08 Å². The fourth-order valence-electron chi connectivity index (χ4n) is 3.52. The van der Waals surface area contributed by atoms with Crippen molar-refractivity contribution in [1.29, 1.82) is 0 Å². The lowest BCUT2D eigenvalue weighted by Crippen LogP contribution is -2.33. The molecule has 0 saturated carbocycles. The molecule has 3 heteroatoms. The zero-order valence-electron chi connectivity index (χ0n) is 14.9. The summed E-state index contributed by atoms with van der Waals surface area (Å²) in [7, 11) is 0. The van der Waals surface area contributed by atoms with Gasteiger partial charge in [-0.2, -0.15) is 0 Å². The van der Waals surface area contributed by atoms with E-state index in [-0.39, 0.29) is 5.91 Å². The van der Waals surface area contributed by atoms with Gasteiger partial charge in [0.25, 0.3) is 0 Å². The molecule has 1 amide bonds. The van der Waals surface area contributed by atoms with Crippen LogP contribution in [0.3, 0.4) is 0 Å². The van der Waals surface area contributed by atoms with Gasteiger partial charge in [0, 0.05) is 41.8 Å². The average Bonchev–Trinajstić information content (AvgIpc) is 3.12. The van der Waals surface area contributed by atoms with Crippen LogP contribution in [0.2, 0.25) is 0 Å². The minimum absolute atomic E-state index is 0.0684. The number of fused-ring (bicyclic) bond motifs is 1. The van der Waals surface area contributed by atoms with Crippen molar-refractivity contribution < 1.29 is 4.79 Å². The summed E-state index contributed by atoms with van der Waals surface area (Å²) >= 11 is 0. The molecule has 0 bridgehead atoms. The van der Waals surface area contributed by atoms with E-state index in [1.807, 2.05) is 41.3 Å². The Labute approximate surface area is 153 Å². The van der Waals surface area contributed by atoms with Crippen molar-refractivity contribution in [3.05, 3.63) is 83.6 Å². The molecule has 130 valence electrons. The van der Waals surface area contributed by atoms with Crippen LogP contribution in [0.25, 0.3) is 22.6 Å². The summed E-state index contributed by atoms with van der Waals surface area (Å²) in [5.41, 5.74) is 6.08. The first-order valence-electron chi connectivity index (χ1n) is 9.00. The summed E-state index contributed by atoms with van der Waals surface area (Å²) in [6.07, 6.45) is 8.71. The molecule has 0 fully saturated rings. The van der Waals surface area contributed by atoms with E-state index in [4.69, 9.17) is 0 Å². The second-order valence-corrected chi connectivity index (χ2v) is 6.71. The second-order valence-electron chi connectivity index (χ2n) is 6.71. The third-order valence-electron chi connectivity index (χ3n) is 5.01. The Balaban J connectivity index is 1.48. The number of para-hydroxylation sites is 1. The molecule has 2 heterocycles. The Morgan fingerprint density at radius 3 is 2.73 bits per heavy atom. The first-order chi connectivity index (χ1) is 12.7. The molecule has 3 nitrogen and oxygen atoms in total. The lowest BCUT2D eigenvalue weighted by molar-refractivity contribution is -0.125. The molecule has 2 aromatic carbocycles. The quantitative estimate of drug-likeness (QED) is 0.682. The van der Waals surface area contributed by atoms with Gasteiger partial charge in [0.15, 0.2) is 0 Å². The van der Waals surface area contributed by atoms with Gasteiger partial charge in [-0.15, -0.1) is 0 Å². The molecule has 1 aromatic heterocycles. The van der Waals surface area contributed by atoms with Crippen molar-refractivity contribution in [1.82, 2.24) is 9.88 Å². The highest BCUT2D eigenvalue weighted by Crippen LogP contribution is 2.30. The number of H-pyrrole nitrogens is 1. The van der Waals surface area contributed by atoms with Crippen molar-refractivity contribution in [2.75, 3.05) is 13.1 Å². The van der Waals surface area contributed by atoms with Gasteiger partial charge < -0.3 is 9.88 Å². The summed E-state index contributed by atoms with van der Waals surface area (Å²) in [5, 5.41) is 1.26. The van der Waals surface area contributed by atoms with Crippen LogP contribution in [0.1, 0.15) is 23.1 Å². The first kappa shape index (κ1) is 16.4. The number of aryl methyl sites for hydroxylation is 1. The predicted octanol–water partition coefficient (Wildman–Crippen LogP) is 4.81. The average molecular weight is 342 g/mol. The number of benzene rings is 2. The fourth-order valence-corrected chi connectivity index (χ4v) is 3.52. The Morgan fingerprint density at radius 2 is 1.96 bits per heavy atom. The van der Waals surface area contributed by atoms with Crippen LogP contribution in [0.5, 0.6) is 0 Å². The molecule has 1 aliphatic rings. The van der Waals surface area contributed by atoms with Crippen LogP contribution in [0.15, 0.2) is 66.9 Å². The number of rotatable bonds is 3. The minimum atomic E-state index is 0.0684. The van der Waals surface area contributed by atoms with Crippen LogP contribution in [0, 0.1) is 6.92 Å². The molecule has 1 N–H and O–H groups in total. The van der Waals surface area contributed by atoms with E-state index >= 15 is 0 Å².